The number of nitrogens with zero attached hydrogens (tertiary/aromatic N) is 5. The molecule has 2 aromatic carbocycles. The highest BCUT2D eigenvalue weighted by Crippen LogP contribution is 2.30. The molecule has 0 radical (unpaired) electrons. The van der Waals surface area contributed by atoms with Gasteiger partial charge in [-0.05, 0) is 49.1 Å². The van der Waals surface area contributed by atoms with Gasteiger partial charge in [-0.3, -0.25) is 0 Å². The van der Waals surface area contributed by atoms with Gasteiger partial charge >= 0.3 is 0 Å². The summed E-state index contributed by atoms with van der Waals surface area (Å²) in [4.78, 5) is 7.13. The second-order valence-electron chi connectivity index (χ2n) is 10.9. The van der Waals surface area contributed by atoms with Gasteiger partial charge in [0.1, 0.15) is 11.9 Å². The van der Waals surface area contributed by atoms with E-state index in [0.717, 1.165) is 62.7 Å². The van der Waals surface area contributed by atoms with Crippen LogP contribution in [0.5, 0.6) is 0 Å². The Balaban J connectivity index is 1.08. The van der Waals surface area contributed by atoms with Crippen molar-refractivity contribution in [2.75, 3.05) is 31.5 Å². The van der Waals surface area contributed by atoms with Crippen LogP contribution in [-0.2, 0) is 10.2 Å². The first-order chi connectivity index (χ1) is 18.0. The first-order valence-corrected chi connectivity index (χ1v) is 13.4. The van der Waals surface area contributed by atoms with E-state index in [-0.39, 0.29) is 17.6 Å². The highest BCUT2D eigenvalue weighted by molar-refractivity contribution is 5.43. The number of nitrogens with one attached hydrogen (secondary N) is 1. The van der Waals surface area contributed by atoms with Gasteiger partial charge < -0.3 is 15.0 Å². The molecule has 37 heavy (non-hydrogen) atoms. The van der Waals surface area contributed by atoms with Crippen LogP contribution >= 0.6 is 0 Å². The Labute approximate surface area is 219 Å². The number of benzene rings is 2. The molecule has 0 unspecified atom stereocenters. The molecule has 1 aliphatic heterocycles. The summed E-state index contributed by atoms with van der Waals surface area (Å²) in [7, 11) is 0. The van der Waals surface area contributed by atoms with Crippen molar-refractivity contribution in [3.8, 4) is 0 Å². The van der Waals surface area contributed by atoms with Crippen molar-refractivity contribution in [1.29, 1.82) is 0 Å². The van der Waals surface area contributed by atoms with Crippen LogP contribution in [-0.4, -0.2) is 57.0 Å². The lowest BCUT2D eigenvalue weighted by Gasteiger charge is -2.34. The van der Waals surface area contributed by atoms with Gasteiger partial charge in [-0.15, -0.1) is 14.8 Å². The molecule has 0 aliphatic carbocycles. The average Bonchev–Trinajstić information content (AvgIpc) is 3.36. The van der Waals surface area contributed by atoms with Gasteiger partial charge in [-0.2, -0.15) is 0 Å². The van der Waals surface area contributed by atoms with Crippen LogP contribution in [0.4, 0.5) is 5.82 Å². The van der Waals surface area contributed by atoms with Crippen molar-refractivity contribution in [2.45, 2.75) is 57.7 Å². The molecule has 0 spiro atoms. The van der Waals surface area contributed by atoms with Crippen LogP contribution in [0.1, 0.15) is 63.1 Å². The lowest BCUT2D eigenvalue weighted by atomic mass is 9.96. The lowest BCUT2D eigenvalue weighted by Crippen LogP contribution is -2.38. The van der Waals surface area contributed by atoms with E-state index in [1.54, 1.807) is 4.63 Å². The summed E-state index contributed by atoms with van der Waals surface area (Å²) >= 11 is 0. The van der Waals surface area contributed by atoms with Crippen LogP contribution in [0.2, 0.25) is 0 Å². The van der Waals surface area contributed by atoms with Crippen molar-refractivity contribution in [3.05, 3.63) is 89.7 Å². The number of piperidine rings is 1. The fourth-order valence-corrected chi connectivity index (χ4v) is 4.78. The minimum atomic E-state index is -0.0935. The largest absolute Gasteiger partial charge is 0.369 e. The van der Waals surface area contributed by atoms with E-state index in [9.17, 15) is 0 Å². The van der Waals surface area contributed by atoms with Crippen molar-refractivity contribution in [1.82, 2.24) is 24.7 Å². The molecule has 194 valence electrons. The van der Waals surface area contributed by atoms with Gasteiger partial charge in [0, 0.05) is 25.0 Å². The number of aromatic nitrogens is 4. The van der Waals surface area contributed by atoms with Gasteiger partial charge in [0.25, 0.3) is 0 Å². The number of hydrogen-bond acceptors (Lipinski definition) is 6. The van der Waals surface area contributed by atoms with E-state index in [1.807, 2.05) is 12.1 Å². The molecule has 2 aromatic heterocycles. The van der Waals surface area contributed by atoms with Crippen molar-refractivity contribution in [3.63, 3.8) is 0 Å². The Bertz CT molecular complexity index is 1220. The molecular weight excluding hydrogens is 460 g/mol. The monoisotopic (exact) mass is 498 g/mol. The van der Waals surface area contributed by atoms with Gasteiger partial charge in [-0.25, -0.2) is 4.98 Å². The summed E-state index contributed by atoms with van der Waals surface area (Å²) in [5.74, 6) is 1.64. The van der Waals surface area contributed by atoms with Crippen molar-refractivity contribution >= 4 is 11.5 Å². The molecule has 1 N–H and O–H groups in total. The predicted octanol–water partition coefficient (Wildman–Crippen LogP) is 5.49. The number of rotatable bonds is 9. The average molecular weight is 499 g/mol. The smallest absolute Gasteiger partial charge is 0.176 e. The summed E-state index contributed by atoms with van der Waals surface area (Å²) in [6.45, 7) is 10.4. The first kappa shape index (κ1) is 25.4. The topological polar surface area (TPSA) is 67.6 Å². The quantitative estimate of drug-likeness (QED) is 0.308. The third-order valence-corrected chi connectivity index (χ3v) is 6.90. The number of anilines is 1. The molecule has 1 aliphatic rings. The molecule has 1 saturated heterocycles. The normalized spacial score (nSPS) is 15.5. The van der Waals surface area contributed by atoms with E-state index >= 15 is 0 Å². The Kier molecular flexibility index (Phi) is 7.82. The Morgan fingerprint density at radius 1 is 0.892 bits per heavy atom. The maximum Gasteiger partial charge on any atom is 0.176 e. The third kappa shape index (κ3) is 6.53. The van der Waals surface area contributed by atoms with Gasteiger partial charge in [0.15, 0.2) is 11.5 Å². The minimum Gasteiger partial charge on any atom is -0.369 e. The Morgan fingerprint density at radius 2 is 1.54 bits per heavy atom. The van der Waals surface area contributed by atoms with Crippen molar-refractivity contribution < 1.29 is 4.74 Å². The Hall–Kier alpha value is -3.29. The summed E-state index contributed by atoms with van der Waals surface area (Å²) < 4.78 is 8.32. The molecule has 5 rings (SSSR count). The van der Waals surface area contributed by atoms with Gasteiger partial charge in [0.05, 0.1) is 6.10 Å². The highest BCUT2D eigenvalue weighted by Gasteiger charge is 2.24. The second kappa shape index (κ2) is 11.4. The zero-order chi connectivity index (χ0) is 25.7. The van der Waals surface area contributed by atoms with Gasteiger partial charge in [0.2, 0.25) is 0 Å². The Morgan fingerprint density at radius 3 is 2.16 bits per heavy atom. The van der Waals surface area contributed by atoms with E-state index < -0.39 is 0 Å². The summed E-state index contributed by atoms with van der Waals surface area (Å²) in [5.41, 5.74) is 3.12. The fraction of sp³-hybridized carbons (Fsp3) is 0.433. The zero-order valence-electron chi connectivity index (χ0n) is 22.2. The number of hydrogen-bond donors (Lipinski definition) is 1. The maximum atomic E-state index is 6.69. The summed E-state index contributed by atoms with van der Waals surface area (Å²) in [6, 6.07) is 25.1. The molecule has 7 heteroatoms. The molecule has 1 fully saturated rings. The molecule has 0 atom stereocenters. The molecule has 0 saturated carbocycles. The molecule has 0 amide bonds. The minimum absolute atomic E-state index is 0.0162. The van der Waals surface area contributed by atoms with Crippen LogP contribution < -0.4 is 5.32 Å². The standard InChI is InChI=1S/C30H38N6O/c1-30(2,3)29-32-27-16-15-26(33-36(27)34-29)31-19-10-20-35-21-17-25(18-22-35)37-28(23-11-6-4-7-12-23)24-13-8-5-9-14-24/h4-9,11-16,25,28H,10,17-22H2,1-3H3,(H,31,33). The summed E-state index contributed by atoms with van der Waals surface area (Å²) in [6.07, 6.45) is 3.44. The van der Waals surface area contributed by atoms with E-state index in [1.165, 1.54) is 11.1 Å². The van der Waals surface area contributed by atoms with E-state index in [2.05, 4.69) is 107 Å². The number of ether oxygens (including phenoxy) is 1. The molecular formula is C30H38N6O. The number of fused-ring (bicyclic) bond motifs is 1. The molecule has 3 heterocycles. The highest BCUT2D eigenvalue weighted by atomic mass is 16.5. The van der Waals surface area contributed by atoms with E-state index in [0.29, 0.717) is 0 Å². The van der Waals surface area contributed by atoms with Crippen LogP contribution in [0.15, 0.2) is 72.8 Å². The second-order valence-corrected chi connectivity index (χ2v) is 10.9. The van der Waals surface area contributed by atoms with Crippen LogP contribution in [0.3, 0.4) is 0 Å². The SMILES string of the molecule is CC(C)(C)c1nc2ccc(NCCCN3CCC(OC(c4ccccc4)c4ccccc4)CC3)nn2n1. The fourth-order valence-electron chi connectivity index (χ4n) is 4.78. The first-order valence-electron chi connectivity index (χ1n) is 13.4. The number of likely N-dealkylation sites (tertiary alicyclic amines) is 1. The van der Waals surface area contributed by atoms with Gasteiger partial charge in [-0.1, -0.05) is 81.4 Å². The molecule has 4 aromatic rings. The third-order valence-electron chi connectivity index (χ3n) is 6.90. The zero-order valence-corrected chi connectivity index (χ0v) is 22.2. The lowest BCUT2D eigenvalue weighted by molar-refractivity contribution is -0.0269. The van der Waals surface area contributed by atoms with E-state index in [4.69, 9.17) is 4.74 Å². The summed E-state index contributed by atoms with van der Waals surface area (Å²) in [5, 5.41) is 12.6. The van der Waals surface area contributed by atoms with Crippen molar-refractivity contribution in [2.24, 2.45) is 0 Å². The predicted molar refractivity (Wildman–Crippen MR) is 148 cm³/mol. The van der Waals surface area contributed by atoms with Crippen LogP contribution in [0.25, 0.3) is 5.65 Å². The molecule has 0 bridgehead atoms. The maximum absolute atomic E-state index is 6.69. The molecule has 7 nitrogen and oxygen atoms in total. The van der Waals surface area contributed by atoms with Crippen LogP contribution in [0, 0.1) is 0 Å².